The van der Waals surface area contributed by atoms with Crippen LogP contribution in [0.15, 0.2) is 68.6 Å². The molecule has 0 unspecified atom stereocenters. The summed E-state index contributed by atoms with van der Waals surface area (Å²) in [4.78, 5) is 29.3. The minimum Gasteiger partial charge on any atom is -0.335 e. The van der Waals surface area contributed by atoms with E-state index in [4.69, 9.17) is 16.1 Å². The van der Waals surface area contributed by atoms with E-state index in [1.165, 1.54) is 10.9 Å². The van der Waals surface area contributed by atoms with Crippen LogP contribution in [0.25, 0.3) is 22.4 Å². The monoisotopic (exact) mass is 472 g/mol. The van der Waals surface area contributed by atoms with Gasteiger partial charge in [0.25, 0.3) is 11.3 Å². The highest BCUT2D eigenvalue weighted by atomic mass is 79.9. The second-order valence-electron chi connectivity index (χ2n) is 6.24. The van der Waals surface area contributed by atoms with Crippen molar-refractivity contribution in [2.45, 2.75) is 13.0 Å². The maximum absolute atomic E-state index is 13.0. The van der Waals surface area contributed by atoms with Gasteiger partial charge in [0.1, 0.15) is 17.4 Å². The molecule has 1 N–H and O–H groups in total. The van der Waals surface area contributed by atoms with Crippen LogP contribution in [0.5, 0.6) is 0 Å². The van der Waals surface area contributed by atoms with E-state index in [-0.39, 0.29) is 35.5 Å². The van der Waals surface area contributed by atoms with E-state index >= 15 is 0 Å². The van der Waals surface area contributed by atoms with Crippen LogP contribution in [-0.4, -0.2) is 20.6 Å². The smallest absolute Gasteiger partial charge is 0.266 e. The van der Waals surface area contributed by atoms with E-state index in [1.54, 1.807) is 36.4 Å². The number of carbonyl (C=O) groups is 1. The molecule has 4 aromatic rings. The van der Waals surface area contributed by atoms with E-state index in [9.17, 15) is 9.59 Å². The number of hydrogen-bond acceptors (Lipinski definition) is 5. The number of hydrogen-bond donors (Lipinski definition) is 1. The zero-order valence-corrected chi connectivity index (χ0v) is 17.3. The minimum absolute atomic E-state index is 0.103. The van der Waals surface area contributed by atoms with Crippen LogP contribution in [0.2, 0.25) is 5.02 Å². The van der Waals surface area contributed by atoms with E-state index in [1.807, 2.05) is 12.1 Å². The van der Waals surface area contributed by atoms with E-state index < -0.39 is 0 Å². The maximum atomic E-state index is 13.0. The standard InChI is InChI=1S/C20H14BrClN4O3/c21-12-4-3-5-13(10-12)24-16(27)8-9-26-11-23-19-17(20(26)28)18(25-29-19)14-6-1-2-7-15(14)22/h1-7,10-11H,8-9H2,(H,24,27). The van der Waals surface area contributed by atoms with Gasteiger partial charge in [-0.05, 0) is 24.3 Å². The molecule has 0 radical (unpaired) electrons. The molecule has 1 amide bonds. The van der Waals surface area contributed by atoms with Gasteiger partial charge in [-0.15, -0.1) is 0 Å². The summed E-state index contributed by atoms with van der Waals surface area (Å²) in [6.07, 6.45) is 1.45. The Morgan fingerprint density at radius 2 is 2.03 bits per heavy atom. The number of anilines is 1. The number of aryl methyl sites for hydroxylation is 1. The van der Waals surface area contributed by atoms with Crippen molar-refractivity contribution in [2.24, 2.45) is 0 Å². The second-order valence-corrected chi connectivity index (χ2v) is 7.57. The predicted molar refractivity (Wildman–Crippen MR) is 114 cm³/mol. The number of benzene rings is 2. The first-order chi connectivity index (χ1) is 14.0. The molecule has 0 bridgehead atoms. The number of rotatable bonds is 5. The highest BCUT2D eigenvalue weighted by Gasteiger charge is 2.19. The molecule has 2 aromatic carbocycles. The van der Waals surface area contributed by atoms with Crippen LogP contribution >= 0.6 is 27.5 Å². The molecular formula is C20H14BrClN4O3. The van der Waals surface area contributed by atoms with Crippen molar-refractivity contribution in [1.29, 1.82) is 0 Å². The average molecular weight is 474 g/mol. The predicted octanol–water partition coefficient (Wildman–Crippen LogP) is 4.50. The molecule has 29 heavy (non-hydrogen) atoms. The summed E-state index contributed by atoms with van der Waals surface area (Å²) < 4.78 is 7.42. The van der Waals surface area contributed by atoms with Crippen LogP contribution in [0.4, 0.5) is 5.69 Å². The van der Waals surface area contributed by atoms with Crippen LogP contribution in [-0.2, 0) is 11.3 Å². The van der Waals surface area contributed by atoms with Gasteiger partial charge in [0, 0.05) is 28.7 Å². The molecule has 7 nitrogen and oxygen atoms in total. The van der Waals surface area contributed by atoms with Crippen molar-refractivity contribution in [3.05, 3.63) is 74.7 Å². The van der Waals surface area contributed by atoms with Gasteiger partial charge in [-0.2, -0.15) is 0 Å². The Bertz CT molecular complexity index is 1270. The molecule has 0 spiro atoms. The molecule has 0 aliphatic carbocycles. The first-order valence-electron chi connectivity index (χ1n) is 8.68. The summed E-state index contributed by atoms with van der Waals surface area (Å²) in [6.45, 7) is 0.161. The fraction of sp³-hybridized carbons (Fsp3) is 0.100. The van der Waals surface area contributed by atoms with Crippen LogP contribution < -0.4 is 10.9 Å². The molecule has 0 fully saturated rings. The lowest BCUT2D eigenvalue weighted by Crippen LogP contribution is -2.23. The summed E-state index contributed by atoms with van der Waals surface area (Å²) >= 11 is 9.59. The van der Waals surface area contributed by atoms with Crippen LogP contribution in [0.3, 0.4) is 0 Å². The normalized spacial score (nSPS) is 11.0. The first-order valence-corrected chi connectivity index (χ1v) is 9.85. The Labute approximate surface area is 178 Å². The van der Waals surface area contributed by atoms with Gasteiger partial charge in [0.05, 0.1) is 5.02 Å². The summed E-state index contributed by atoms with van der Waals surface area (Å²) in [5, 5.41) is 7.44. The van der Waals surface area contributed by atoms with E-state index in [0.29, 0.717) is 22.0 Å². The first kappa shape index (κ1) is 19.4. The molecule has 0 atom stereocenters. The molecule has 0 aliphatic rings. The molecule has 2 aromatic heterocycles. The van der Waals surface area contributed by atoms with Gasteiger partial charge in [0.2, 0.25) is 5.91 Å². The topological polar surface area (TPSA) is 90.0 Å². The Balaban J connectivity index is 1.58. The fourth-order valence-corrected chi connectivity index (χ4v) is 3.51. The minimum atomic E-state index is -0.346. The largest absolute Gasteiger partial charge is 0.335 e. The molecule has 0 aliphatic heterocycles. The number of nitrogens with one attached hydrogen (secondary N) is 1. The number of nitrogens with zero attached hydrogens (tertiary/aromatic N) is 3. The van der Waals surface area contributed by atoms with Gasteiger partial charge in [-0.25, -0.2) is 4.98 Å². The fourth-order valence-electron chi connectivity index (χ4n) is 2.89. The zero-order valence-electron chi connectivity index (χ0n) is 14.9. The quantitative estimate of drug-likeness (QED) is 0.461. The highest BCUT2D eigenvalue weighted by Crippen LogP contribution is 2.30. The molecule has 2 heterocycles. The second kappa shape index (κ2) is 8.18. The van der Waals surface area contributed by atoms with Gasteiger partial charge in [0.15, 0.2) is 0 Å². The van der Waals surface area contributed by atoms with Gasteiger partial charge >= 0.3 is 0 Å². The Morgan fingerprint density at radius 3 is 2.83 bits per heavy atom. The SMILES string of the molecule is O=C(CCn1cnc2onc(-c3ccccc3Cl)c2c1=O)Nc1cccc(Br)c1. The van der Waals surface area contributed by atoms with Crippen molar-refractivity contribution in [3.8, 4) is 11.3 Å². The van der Waals surface area contributed by atoms with Crippen molar-refractivity contribution in [3.63, 3.8) is 0 Å². The summed E-state index contributed by atoms with van der Waals surface area (Å²) in [6, 6.07) is 14.3. The zero-order chi connectivity index (χ0) is 20.4. The van der Waals surface area contributed by atoms with Gasteiger partial charge in [-0.1, -0.05) is 57.0 Å². The lowest BCUT2D eigenvalue weighted by atomic mass is 10.1. The molecule has 4 rings (SSSR count). The lowest BCUT2D eigenvalue weighted by molar-refractivity contribution is -0.116. The summed E-state index contributed by atoms with van der Waals surface area (Å²) in [5.41, 5.74) is 1.36. The third-order valence-electron chi connectivity index (χ3n) is 4.28. The van der Waals surface area contributed by atoms with E-state index in [0.717, 1.165) is 4.47 Å². The third-order valence-corrected chi connectivity index (χ3v) is 5.10. The molecule has 0 saturated heterocycles. The Kier molecular flexibility index (Phi) is 5.46. The van der Waals surface area contributed by atoms with Crippen molar-refractivity contribution in [1.82, 2.24) is 14.7 Å². The number of halogens is 2. The number of fused-ring (bicyclic) bond motifs is 1. The van der Waals surface area contributed by atoms with Gasteiger partial charge in [-0.3, -0.25) is 14.2 Å². The molecule has 146 valence electrons. The Morgan fingerprint density at radius 1 is 1.21 bits per heavy atom. The maximum Gasteiger partial charge on any atom is 0.266 e. The van der Waals surface area contributed by atoms with Gasteiger partial charge < -0.3 is 9.84 Å². The molecular weight excluding hydrogens is 460 g/mol. The molecule has 9 heteroatoms. The summed E-state index contributed by atoms with van der Waals surface area (Å²) in [5.74, 6) is -0.216. The lowest BCUT2D eigenvalue weighted by Gasteiger charge is -2.07. The number of carbonyl (C=O) groups excluding carboxylic acids is 1. The number of aromatic nitrogens is 3. The number of amides is 1. The summed E-state index contributed by atoms with van der Waals surface area (Å²) in [7, 11) is 0. The van der Waals surface area contributed by atoms with E-state index in [2.05, 4.69) is 31.4 Å². The average Bonchev–Trinajstić information content (AvgIpc) is 3.12. The molecule has 0 saturated carbocycles. The Hall–Kier alpha value is -2.97. The third kappa shape index (κ3) is 4.08. The van der Waals surface area contributed by atoms with Crippen molar-refractivity contribution in [2.75, 3.05) is 5.32 Å². The van der Waals surface area contributed by atoms with Crippen molar-refractivity contribution >= 4 is 50.2 Å². The van der Waals surface area contributed by atoms with Crippen LogP contribution in [0, 0.1) is 0 Å². The van der Waals surface area contributed by atoms with Crippen molar-refractivity contribution < 1.29 is 9.32 Å². The highest BCUT2D eigenvalue weighted by molar-refractivity contribution is 9.10. The van der Waals surface area contributed by atoms with Crippen LogP contribution in [0.1, 0.15) is 6.42 Å².